The van der Waals surface area contributed by atoms with E-state index in [2.05, 4.69) is 31.9 Å². The Morgan fingerprint density at radius 2 is 2.18 bits per heavy atom. The first-order valence-electron chi connectivity index (χ1n) is 5.45. The molecule has 0 heterocycles. The first-order valence-corrected chi connectivity index (χ1v) is 7.37. The Bertz CT molecular complexity index is 435. The van der Waals surface area contributed by atoms with Crippen molar-refractivity contribution in [2.24, 2.45) is 0 Å². The van der Waals surface area contributed by atoms with Gasteiger partial charge >= 0.3 is 0 Å². The number of benzene rings is 1. The van der Waals surface area contributed by atoms with Gasteiger partial charge in [0, 0.05) is 22.4 Å². The molecule has 0 bridgehead atoms. The van der Waals surface area contributed by atoms with Gasteiger partial charge in [-0.05, 0) is 31.0 Å². The molecule has 2 rings (SSSR count). The van der Waals surface area contributed by atoms with E-state index in [1.165, 1.54) is 6.07 Å². The molecule has 0 aliphatic heterocycles. The van der Waals surface area contributed by atoms with E-state index in [0.29, 0.717) is 17.9 Å². The summed E-state index contributed by atoms with van der Waals surface area (Å²) >= 11 is 6.58. The summed E-state index contributed by atoms with van der Waals surface area (Å²) in [4.78, 5) is 14.0. The largest absolute Gasteiger partial charge is 0.335 e. The highest BCUT2D eigenvalue weighted by molar-refractivity contribution is 9.10. The van der Waals surface area contributed by atoms with Crippen molar-refractivity contribution in [2.45, 2.75) is 18.9 Å². The van der Waals surface area contributed by atoms with Gasteiger partial charge in [-0.1, -0.05) is 31.9 Å². The number of hydrogen-bond donors (Lipinski definition) is 0. The summed E-state index contributed by atoms with van der Waals surface area (Å²) in [6.45, 7) is 0.620. The van der Waals surface area contributed by atoms with Crippen LogP contribution in [0.25, 0.3) is 0 Å². The fourth-order valence-electron chi connectivity index (χ4n) is 1.74. The maximum absolute atomic E-state index is 13.6. The second-order valence-electron chi connectivity index (χ2n) is 4.04. The second kappa shape index (κ2) is 5.48. The van der Waals surface area contributed by atoms with Gasteiger partial charge in [0.1, 0.15) is 5.82 Å². The maximum atomic E-state index is 13.6. The fraction of sp³-hybridized carbons (Fsp3) is 0.417. The zero-order valence-corrected chi connectivity index (χ0v) is 12.3. The highest BCUT2D eigenvalue weighted by atomic mass is 79.9. The summed E-state index contributed by atoms with van der Waals surface area (Å²) in [7, 11) is 0. The average Bonchev–Trinajstić information content (AvgIpc) is 3.12. The summed E-state index contributed by atoms with van der Waals surface area (Å²) < 4.78 is 14.3. The van der Waals surface area contributed by atoms with Gasteiger partial charge in [-0.25, -0.2) is 4.39 Å². The maximum Gasteiger partial charge on any atom is 0.257 e. The molecule has 0 aromatic heterocycles. The van der Waals surface area contributed by atoms with Crippen LogP contribution in [0.2, 0.25) is 0 Å². The minimum Gasteiger partial charge on any atom is -0.335 e. The van der Waals surface area contributed by atoms with Crippen LogP contribution in [0.15, 0.2) is 22.7 Å². The molecule has 0 atom stereocenters. The van der Waals surface area contributed by atoms with Crippen LogP contribution >= 0.6 is 31.9 Å². The van der Waals surface area contributed by atoms with Gasteiger partial charge in [0.2, 0.25) is 0 Å². The lowest BCUT2D eigenvalue weighted by Gasteiger charge is -2.21. The van der Waals surface area contributed by atoms with Crippen LogP contribution in [0.3, 0.4) is 0 Å². The van der Waals surface area contributed by atoms with E-state index < -0.39 is 5.82 Å². The molecule has 1 aliphatic carbocycles. The van der Waals surface area contributed by atoms with Crippen LogP contribution in [0, 0.1) is 5.82 Å². The number of amides is 1. The van der Waals surface area contributed by atoms with Crippen LogP contribution in [0.4, 0.5) is 4.39 Å². The van der Waals surface area contributed by atoms with Crippen molar-refractivity contribution in [2.75, 3.05) is 11.9 Å². The number of rotatable bonds is 4. The normalized spacial score (nSPS) is 14.8. The zero-order chi connectivity index (χ0) is 12.4. The molecule has 1 aromatic carbocycles. The summed E-state index contributed by atoms with van der Waals surface area (Å²) in [6, 6.07) is 4.74. The Morgan fingerprint density at radius 1 is 1.47 bits per heavy atom. The predicted molar refractivity (Wildman–Crippen MR) is 72.0 cm³/mol. The average molecular weight is 365 g/mol. The molecular formula is C12H12Br2FNO. The van der Waals surface area contributed by atoms with Gasteiger partial charge in [0.25, 0.3) is 5.91 Å². The first-order chi connectivity index (χ1) is 8.13. The van der Waals surface area contributed by atoms with E-state index in [4.69, 9.17) is 0 Å². The van der Waals surface area contributed by atoms with Gasteiger partial charge < -0.3 is 4.90 Å². The van der Waals surface area contributed by atoms with E-state index in [9.17, 15) is 9.18 Å². The SMILES string of the molecule is O=C(c1cc(Br)ccc1F)N(CCBr)C1CC1. The number of carbonyl (C=O) groups is 1. The molecule has 0 unspecified atom stereocenters. The molecule has 92 valence electrons. The Balaban J connectivity index is 2.24. The van der Waals surface area contributed by atoms with Crippen LogP contribution in [-0.2, 0) is 0 Å². The lowest BCUT2D eigenvalue weighted by molar-refractivity contribution is 0.0750. The highest BCUT2D eigenvalue weighted by Crippen LogP contribution is 2.29. The summed E-state index contributed by atoms with van der Waals surface area (Å²) in [5.41, 5.74) is 0.146. The van der Waals surface area contributed by atoms with Gasteiger partial charge in [0.15, 0.2) is 0 Å². The molecule has 0 radical (unpaired) electrons. The minimum atomic E-state index is -0.460. The van der Waals surface area contributed by atoms with Crippen molar-refractivity contribution >= 4 is 37.8 Å². The van der Waals surface area contributed by atoms with Gasteiger partial charge in [-0.3, -0.25) is 4.79 Å². The summed E-state index contributed by atoms with van der Waals surface area (Å²) in [5.74, 6) is -0.677. The third-order valence-electron chi connectivity index (χ3n) is 2.73. The predicted octanol–water partition coefficient (Wildman–Crippen LogP) is 3.59. The fourth-order valence-corrected chi connectivity index (χ4v) is 2.49. The van der Waals surface area contributed by atoms with Crippen molar-refractivity contribution in [1.29, 1.82) is 0 Å². The third-order valence-corrected chi connectivity index (χ3v) is 3.58. The first kappa shape index (κ1) is 13.0. The van der Waals surface area contributed by atoms with Gasteiger partial charge in [0.05, 0.1) is 5.56 Å². The molecule has 1 aliphatic rings. The molecule has 1 aromatic rings. The van der Waals surface area contributed by atoms with Crippen LogP contribution < -0.4 is 0 Å². The molecule has 1 fully saturated rings. The molecular weight excluding hydrogens is 353 g/mol. The van der Waals surface area contributed by atoms with E-state index in [1.54, 1.807) is 17.0 Å². The lowest BCUT2D eigenvalue weighted by Crippen LogP contribution is -2.35. The minimum absolute atomic E-state index is 0.146. The standard InChI is InChI=1S/C12H12Br2FNO/c13-5-6-16(9-2-3-9)12(17)10-7-8(14)1-4-11(10)15/h1,4,7,9H,2-3,5-6H2. The van der Waals surface area contributed by atoms with Gasteiger partial charge in [-0.2, -0.15) is 0 Å². The van der Waals surface area contributed by atoms with Crippen molar-refractivity contribution < 1.29 is 9.18 Å². The number of halogens is 3. The molecule has 2 nitrogen and oxygen atoms in total. The van der Waals surface area contributed by atoms with Crippen molar-refractivity contribution in [3.63, 3.8) is 0 Å². The summed E-state index contributed by atoms with van der Waals surface area (Å²) in [6.07, 6.45) is 2.04. The van der Waals surface area contributed by atoms with E-state index in [0.717, 1.165) is 17.3 Å². The van der Waals surface area contributed by atoms with Crippen LogP contribution in [0.5, 0.6) is 0 Å². The van der Waals surface area contributed by atoms with Crippen LogP contribution in [-0.4, -0.2) is 28.7 Å². The monoisotopic (exact) mass is 363 g/mol. The number of alkyl halides is 1. The van der Waals surface area contributed by atoms with E-state index >= 15 is 0 Å². The van der Waals surface area contributed by atoms with Crippen molar-refractivity contribution in [1.82, 2.24) is 4.90 Å². The molecule has 0 spiro atoms. The van der Waals surface area contributed by atoms with Crippen molar-refractivity contribution in [3.8, 4) is 0 Å². The lowest BCUT2D eigenvalue weighted by atomic mass is 10.2. The van der Waals surface area contributed by atoms with E-state index in [1.807, 2.05) is 0 Å². The van der Waals surface area contributed by atoms with Crippen molar-refractivity contribution in [3.05, 3.63) is 34.1 Å². The molecule has 1 saturated carbocycles. The highest BCUT2D eigenvalue weighted by Gasteiger charge is 2.33. The Hall–Kier alpha value is -0.420. The smallest absolute Gasteiger partial charge is 0.257 e. The molecule has 5 heteroatoms. The molecule has 1 amide bonds. The van der Waals surface area contributed by atoms with Gasteiger partial charge in [-0.15, -0.1) is 0 Å². The third kappa shape index (κ3) is 3.07. The number of nitrogens with zero attached hydrogens (tertiary/aromatic N) is 1. The van der Waals surface area contributed by atoms with Crippen LogP contribution in [0.1, 0.15) is 23.2 Å². The number of hydrogen-bond acceptors (Lipinski definition) is 1. The Morgan fingerprint density at radius 3 is 2.76 bits per heavy atom. The Kier molecular flexibility index (Phi) is 4.20. The zero-order valence-electron chi connectivity index (χ0n) is 9.13. The second-order valence-corrected chi connectivity index (χ2v) is 5.75. The Labute approximate surface area is 116 Å². The molecule has 17 heavy (non-hydrogen) atoms. The molecule has 0 N–H and O–H groups in total. The number of carbonyl (C=O) groups excluding carboxylic acids is 1. The van der Waals surface area contributed by atoms with E-state index in [-0.39, 0.29) is 11.5 Å². The topological polar surface area (TPSA) is 20.3 Å². The summed E-state index contributed by atoms with van der Waals surface area (Å²) in [5, 5.41) is 0.713. The quantitative estimate of drug-likeness (QED) is 0.747. The molecule has 0 saturated heterocycles.